The number of esters is 1. The summed E-state index contributed by atoms with van der Waals surface area (Å²) in [5, 5.41) is 9.90. The Morgan fingerprint density at radius 2 is 1.57 bits per heavy atom. The van der Waals surface area contributed by atoms with E-state index < -0.39 is 93.5 Å². The number of carboxylic acid groups (broad SMARTS) is 1. The highest BCUT2D eigenvalue weighted by atomic mass is 19.2. The van der Waals surface area contributed by atoms with Crippen LogP contribution in [0, 0.1) is 66.5 Å². The minimum Gasteiger partial charge on any atom is -0.478 e. The van der Waals surface area contributed by atoms with Gasteiger partial charge in [0.2, 0.25) is 5.82 Å². The van der Waals surface area contributed by atoms with Crippen LogP contribution in [0.5, 0.6) is 0 Å². The number of hydrogen-bond donors (Lipinski definition) is 1. The van der Waals surface area contributed by atoms with Crippen LogP contribution in [0.2, 0.25) is 0 Å². The molecule has 0 spiro atoms. The van der Waals surface area contributed by atoms with Crippen LogP contribution in [0.15, 0.2) is 29.1 Å². The molecule has 4 rings (SSSR count). The number of rotatable bonds is 8. The Morgan fingerprint density at radius 3 is 2.13 bits per heavy atom. The highest BCUT2D eigenvalue weighted by Gasteiger charge is 2.31. The van der Waals surface area contributed by atoms with Crippen molar-refractivity contribution in [2.75, 3.05) is 11.4 Å². The third-order valence-electron chi connectivity index (χ3n) is 7.33. The summed E-state index contributed by atoms with van der Waals surface area (Å²) in [6.07, 6.45) is 5.50. The molecule has 0 saturated carbocycles. The van der Waals surface area contributed by atoms with E-state index in [0.29, 0.717) is 17.2 Å². The highest BCUT2D eigenvalue weighted by Crippen LogP contribution is 2.38. The SMILES string of the molecule is C#CCN(Cc1cc2c(=O)n(COC(=O)C(C)(C)C)c(C)nc2cc1C)c1c(C(=O)O)ccc(-c2c(F)c(F)c(F)c(F)c2F)c1F. The molecule has 0 aliphatic rings. The molecule has 0 radical (unpaired) electrons. The molecule has 8 nitrogen and oxygen atoms in total. The van der Waals surface area contributed by atoms with Crippen molar-refractivity contribution in [2.45, 2.75) is 47.9 Å². The van der Waals surface area contributed by atoms with Gasteiger partial charge in [-0.15, -0.1) is 6.42 Å². The lowest BCUT2D eigenvalue weighted by Gasteiger charge is -2.27. The molecule has 0 amide bonds. The molecule has 0 atom stereocenters. The fourth-order valence-electron chi connectivity index (χ4n) is 4.80. The Morgan fingerprint density at radius 1 is 0.979 bits per heavy atom. The van der Waals surface area contributed by atoms with E-state index in [0.717, 1.165) is 15.5 Å². The maximum Gasteiger partial charge on any atom is 0.337 e. The molecule has 0 aliphatic heterocycles. The second-order valence-corrected chi connectivity index (χ2v) is 11.6. The monoisotopic (exact) mass is 659 g/mol. The maximum atomic E-state index is 16.2. The molecule has 0 unspecified atom stereocenters. The van der Waals surface area contributed by atoms with Crippen LogP contribution in [0.1, 0.15) is 48.1 Å². The van der Waals surface area contributed by atoms with Gasteiger partial charge in [-0.3, -0.25) is 14.2 Å². The number of fused-ring (bicyclic) bond motifs is 1. The molecule has 1 aromatic heterocycles. The maximum absolute atomic E-state index is 16.2. The minimum absolute atomic E-state index is 0.0535. The van der Waals surface area contributed by atoms with Gasteiger partial charge in [-0.25, -0.2) is 36.1 Å². The summed E-state index contributed by atoms with van der Waals surface area (Å²) < 4.78 is 93.7. The van der Waals surface area contributed by atoms with E-state index in [2.05, 4.69) is 10.9 Å². The van der Waals surface area contributed by atoms with Crippen molar-refractivity contribution >= 4 is 28.5 Å². The van der Waals surface area contributed by atoms with E-state index in [1.54, 1.807) is 33.8 Å². The number of terminal acetylenes is 1. The van der Waals surface area contributed by atoms with Crippen molar-refractivity contribution in [2.24, 2.45) is 5.41 Å². The van der Waals surface area contributed by atoms with Crippen LogP contribution in [0.4, 0.5) is 32.0 Å². The number of anilines is 1. The number of carboxylic acids is 1. The first-order valence-electron chi connectivity index (χ1n) is 13.8. The number of ether oxygens (including phenoxy) is 1. The molecule has 246 valence electrons. The lowest BCUT2D eigenvalue weighted by molar-refractivity contribution is -0.157. The molecule has 0 aliphatic carbocycles. The molecular weight excluding hydrogens is 632 g/mol. The van der Waals surface area contributed by atoms with Gasteiger partial charge in [-0.1, -0.05) is 12.0 Å². The Kier molecular flexibility index (Phi) is 9.43. The third-order valence-corrected chi connectivity index (χ3v) is 7.33. The fraction of sp³-hybridized carbons (Fsp3) is 0.273. The van der Waals surface area contributed by atoms with Gasteiger partial charge in [-0.2, -0.15) is 0 Å². The average Bonchev–Trinajstić information content (AvgIpc) is 2.99. The second-order valence-electron chi connectivity index (χ2n) is 11.6. The molecule has 14 heteroatoms. The predicted molar refractivity (Wildman–Crippen MR) is 159 cm³/mol. The van der Waals surface area contributed by atoms with Crippen LogP contribution in [0.25, 0.3) is 22.0 Å². The predicted octanol–water partition coefficient (Wildman–Crippen LogP) is 6.40. The standard InChI is InChI=1S/C33H27F6N3O5/c1-7-10-41(29-19(31(44)45)9-8-18(23(29)34)22-24(35)26(37)28(39)27(38)25(22)36)13-17-12-20-21(11-15(17)2)40-16(3)42(30(20)43)14-47-32(46)33(4,5)6/h1,8-9,11-12H,10,13-14H2,2-6H3,(H,44,45). The number of halogens is 6. The van der Waals surface area contributed by atoms with Crippen LogP contribution in [-0.2, 0) is 22.8 Å². The van der Waals surface area contributed by atoms with Gasteiger partial charge >= 0.3 is 11.9 Å². The van der Waals surface area contributed by atoms with Crippen molar-refractivity contribution in [3.05, 3.63) is 92.0 Å². The molecule has 0 fully saturated rings. The summed E-state index contributed by atoms with van der Waals surface area (Å²) in [6.45, 7) is 6.76. The van der Waals surface area contributed by atoms with Crippen molar-refractivity contribution in [3.8, 4) is 23.5 Å². The van der Waals surface area contributed by atoms with Gasteiger partial charge in [0.25, 0.3) is 5.56 Å². The highest BCUT2D eigenvalue weighted by molar-refractivity contribution is 5.96. The van der Waals surface area contributed by atoms with Crippen molar-refractivity contribution in [1.29, 1.82) is 0 Å². The molecule has 3 aromatic carbocycles. The van der Waals surface area contributed by atoms with Crippen molar-refractivity contribution in [1.82, 2.24) is 9.55 Å². The minimum atomic E-state index is -2.46. The number of aromatic carboxylic acids is 1. The van der Waals surface area contributed by atoms with Gasteiger partial charge < -0.3 is 14.7 Å². The molecule has 47 heavy (non-hydrogen) atoms. The number of aromatic nitrogens is 2. The zero-order chi connectivity index (χ0) is 35.1. The van der Waals surface area contributed by atoms with Crippen molar-refractivity contribution in [3.63, 3.8) is 0 Å². The second kappa shape index (κ2) is 12.8. The number of nitrogens with zero attached hydrogens (tertiary/aromatic N) is 3. The first-order chi connectivity index (χ1) is 21.9. The number of carbonyl (C=O) groups is 2. The molecule has 0 bridgehead atoms. The van der Waals surface area contributed by atoms with Gasteiger partial charge in [0, 0.05) is 12.1 Å². The Bertz CT molecular complexity index is 2040. The largest absolute Gasteiger partial charge is 0.478 e. The number of hydrogen-bond acceptors (Lipinski definition) is 6. The molecular formula is C33H27F6N3O5. The first kappa shape index (κ1) is 34.6. The summed E-state index contributed by atoms with van der Waals surface area (Å²) in [7, 11) is 0. The Balaban J connectivity index is 1.88. The number of benzene rings is 3. The first-order valence-corrected chi connectivity index (χ1v) is 13.8. The van der Waals surface area contributed by atoms with E-state index in [1.807, 2.05) is 0 Å². The van der Waals surface area contributed by atoms with E-state index in [-0.39, 0.29) is 23.3 Å². The van der Waals surface area contributed by atoms with E-state index in [4.69, 9.17) is 11.2 Å². The van der Waals surface area contributed by atoms with Gasteiger partial charge in [-0.05, 0) is 63.9 Å². The Hall–Kier alpha value is -5.32. The smallest absolute Gasteiger partial charge is 0.337 e. The summed E-state index contributed by atoms with van der Waals surface area (Å²) in [4.78, 5) is 43.4. The van der Waals surface area contributed by atoms with Crippen LogP contribution >= 0.6 is 0 Å². The Labute approximate surface area is 264 Å². The van der Waals surface area contributed by atoms with Crippen LogP contribution in [-0.4, -0.2) is 33.1 Å². The summed E-state index contributed by atoms with van der Waals surface area (Å²) in [5.74, 6) is -13.2. The van der Waals surface area contributed by atoms with E-state index >= 15 is 4.39 Å². The number of carbonyl (C=O) groups excluding carboxylic acids is 1. The fourth-order valence-corrected chi connectivity index (χ4v) is 4.80. The van der Waals surface area contributed by atoms with Crippen molar-refractivity contribution < 1.29 is 45.8 Å². The van der Waals surface area contributed by atoms with E-state index in [1.165, 1.54) is 13.0 Å². The summed E-state index contributed by atoms with van der Waals surface area (Å²) >= 11 is 0. The topological polar surface area (TPSA) is 102 Å². The quantitative estimate of drug-likeness (QED) is 0.0768. The summed E-state index contributed by atoms with van der Waals surface area (Å²) in [5.41, 5.74) is -4.61. The molecule has 4 aromatic rings. The average molecular weight is 660 g/mol. The van der Waals surface area contributed by atoms with Gasteiger partial charge in [0.1, 0.15) is 5.82 Å². The van der Waals surface area contributed by atoms with E-state index in [9.17, 15) is 41.4 Å². The summed E-state index contributed by atoms with van der Waals surface area (Å²) in [6, 6.07) is 4.27. The lowest BCUT2D eigenvalue weighted by atomic mass is 9.98. The zero-order valence-corrected chi connectivity index (χ0v) is 25.7. The molecule has 1 heterocycles. The van der Waals surface area contributed by atoms with Gasteiger partial charge in [0.15, 0.2) is 35.8 Å². The van der Waals surface area contributed by atoms with Gasteiger partial charge in [0.05, 0.1) is 39.7 Å². The van der Waals surface area contributed by atoms with Crippen LogP contribution in [0.3, 0.4) is 0 Å². The number of aryl methyl sites for hydroxylation is 2. The molecule has 1 N–H and O–H groups in total. The lowest BCUT2D eigenvalue weighted by Crippen LogP contribution is -2.30. The normalized spacial score (nSPS) is 11.4. The van der Waals surface area contributed by atoms with Crippen LogP contribution < -0.4 is 10.5 Å². The third kappa shape index (κ3) is 6.38. The molecule has 0 saturated heterocycles. The zero-order valence-electron chi connectivity index (χ0n) is 25.7.